The molecule has 2 spiro atoms. The number of benzene rings is 10. The highest BCUT2D eigenvalue weighted by Crippen LogP contribution is 2.68. The molecule has 0 atom stereocenters. The summed E-state index contributed by atoms with van der Waals surface area (Å²) in [6.07, 6.45) is 0. The predicted molar refractivity (Wildman–Crippen MR) is 309 cm³/mol. The molecule has 0 bridgehead atoms. The van der Waals surface area contributed by atoms with Gasteiger partial charge >= 0.3 is 0 Å². The van der Waals surface area contributed by atoms with Crippen LogP contribution in [0.4, 0.5) is 0 Å². The van der Waals surface area contributed by atoms with E-state index in [1.165, 1.54) is 0 Å². The Labute approximate surface area is 449 Å². The van der Waals surface area contributed by atoms with Crippen molar-refractivity contribution in [3.05, 3.63) is 281 Å². The Kier molecular flexibility index (Phi) is 7.79. The monoisotopic (exact) mass is 1020 g/mol. The van der Waals surface area contributed by atoms with Gasteiger partial charge in [-0.25, -0.2) is 0 Å². The van der Waals surface area contributed by atoms with E-state index in [0.717, 1.165) is 161 Å². The molecule has 0 unspecified atom stereocenters. The van der Waals surface area contributed by atoms with Crippen LogP contribution in [0.15, 0.2) is 248 Å². The smallest absolute Gasteiger partial charge is 0.205 e. The van der Waals surface area contributed by atoms with Crippen LogP contribution < -0.4 is 9.47 Å². The molecule has 19 rings (SSSR count). The zero-order chi connectivity index (χ0) is 51.3. The zero-order valence-electron chi connectivity index (χ0n) is 42.0. The highest BCUT2D eigenvalue weighted by Gasteiger charge is 2.63. The number of aromatic nitrogens is 2. The van der Waals surface area contributed by atoms with Crippen molar-refractivity contribution in [3.63, 3.8) is 0 Å². The molecule has 2 aliphatic heterocycles. The number of hydrogen-bond donors (Lipinski definition) is 0. The van der Waals surface area contributed by atoms with E-state index in [0.29, 0.717) is 12.4 Å². The maximum Gasteiger partial charge on any atom is 0.205 e. The molecular weight excluding hydrogens is 977 g/mol. The van der Waals surface area contributed by atoms with E-state index >= 15 is 0 Å². The minimum Gasteiger partial charge on any atom is -0.462 e. The molecule has 370 valence electrons. The Hall–Kier alpha value is -10.4. The molecule has 0 fully saturated rings. The van der Waals surface area contributed by atoms with Crippen molar-refractivity contribution in [2.45, 2.75) is 17.4 Å². The van der Waals surface area contributed by atoms with E-state index in [4.69, 9.17) is 27.1 Å². The Morgan fingerprint density at radius 2 is 0.734 bits per heavy atom. The number of hydrogen-bond acceptors (Lipinski definition) is 6. The lowest BCUT2D eigenvalue weighted by Gasteiger charge is -2.48. The van der Waals surface area contributed by atoms with Crippen molar-refractivity contribution >= 4 is 87.5 Å². The lowest BCUT2D eigenvalue weighted by Crippen LogP contribution is -2.46. The van der Waals surface area contributed by atoms with Crippen LogP contribution in [0.5, 0.6) is 23.0 Å². The summed E-state index contributed by atoms with van der Waals surface area (Å²) in [5.41, 5.74) is 11.1. The van der Waals surface area contributed by atoms with Gasteiger partial charge in [0, 0.05) is 88.1 Å². The number of rotatable bonds is 3. The van der Waals surface area contributed by atoms with Crippen LogP contribution in [0.2, 0.25) is 0 Å². The zero-order valence-corrected chi connectivity index (χ0v) is 42.0. The fourth-order valence-electron chi connectivity index (χ4n) is 14.6. The summed E-state index contributed by atoms with van der Waals surface area (Å²) in [5, 5.41) is 8.84. The first-order valence-corrected chi connectivity index (χ1v) is 26.8. The maximum atomic E-state index is 8.06. The van der Waals surface area contributed by atoms with E-state index in [2.05, 4.69) is 197 Å². The van der Waals surface area contributed by atoms with Gasteiger partial charge in [-0.15, -0.1) is 0 Å². The van der Waals surface area contributed by atoms with Gasteiger partial charge in [0.2, 0.25) is 5.88 Å². The molecule has 0 saturated carbocycles. The summed E-state index contributed by atoms with van der Waals surface area (Å²) in [5.74, 6) is 5.98. The Bertz CT molecular complexity index is 5110. The second-order valence-corrected chi connectivity index (χ2v) is 21.3. The van der Waals surface area contributed by atoms with Gasteiger partial charge < -0.3 is 31.7 Å². The second kappa shape index (κ2) is 14.7. The van der Waals surface area contributed by atoms with Gasteiger partial charge in [0.05, 0.1) is 23.1 Å². The first kappa shape index (κ1) is 41.8. The van der Waals surface area contributed by atoms with Gasteiger partial charge in [-0.2, -0.15) is 0 Å². The average molecular weight is 1020 g/mol. The molecule has 6 aromatic heterocycles. The van der Waals surface area contributed by atoms with Crippen molar-refractivity contribution in [2.24, 2.45) is 0 Å². The molecule has 0 radical (unpaired) electrons. The van der Waals surface area contributed by atoms with E-state index in [-0.39, 0.29) is 0 Å². The number of para-hydroxylation sites is 8. The highest BCUT2D eigenvalue weighted by molar-refractivity contribution is 6.28. The quantitative estimate of drug-likeness (QED) is 0.175. The van der Waals surface area contributed by atoms with Gasteiger partial charge in [0.15, 0.2) is 0 Å². The lowest BCUT2D eigenvalue weighted by molar-refractivity contribution is 0.342. The molecule has 8 nitrogen and oxygen atoms in total. The van der Waals surface area contributed by atoms with Crippen LogP contribution in [0.25, 0.3) is 93.4 Å². The number of ether oxygens (including phenoxy) is 2. The first-order valence-electron chi connectivity index (χ1n) is 26.8. The van der Waals surface area contributed by atoms with E-state index in [1.54, 1.807) is 0 Å². The fourth-order valence-corrected chi connectivity index (χ4v) is 14.6. The molecule has 0 saturated heterocycles. The summed E-state index contributed by atoms with van der Waals surface area (Å²) >= 11 is 0. The second-order valence-electron chi connectivity index (χ2n) is 21.3. The van der Waals surface area contributed by atoms with Crippen molar-refractivity contribution in [2.75, 3.05) is 0 Å². The minimum atomic E-state index is -1.10. The minimum absolute atomic E-state index is 0.426. The van der Waals surface area contributed by atoms with E-state index in [1.807, 2.05) is 42.5 Å². The summed E-state index contributed by atoms with van der Waals surface area (Å²) in [6.45, 7) is 0.426. The normalized spacial score (nSPS) is 14.5. The number of furan rings is 4. The SMILES string of the molecule is c1ccc2c(c1)Oc1ccccc1C21c2cc(-n3c4ccccc4c4c5c(ccc43)oc3ccccc35)oc2C2(c3ccccc3Oc3ccccc32)c2cc(Cn3c4ccccc4c4c5c(ccc43)oc3ccccc35)oc21. The first-order chi connectivity index (χ1) is 39.2. The van der Waals surface area contributed by atoms with Gasteiger partial charge in [0.1, 0.15) is 73.4 Å². The third-order valence-corrected chi connectivity index (χ3v) is 17.6. The highest BCUT2D eigenvalue weighted by atomic mass is 16.5. The van der Waals surface area contributed by atoms with Crippen LogP contribution >= 0.6 is 0 Å². The Morgan fingerprint density at radius 3 is 1.30 bits per heavy atom. The standard InChI is InChI=1S/C71H40N2O6/c1-9-25-51-41(17-1)64-53(33-35-61-66(64)43-19-3-11-27-55(43)75-61)72(51)39-40-37-49-68(74-40)71(47-23-7-15-31-59(47)78-60-32-16-8-24-48(60)71)50-38-63(79-69(50)70(49)45-21-5-13-29-57(45)77-58-30-14-6-22-46(58)70)73-52-26-10-2-18-42(52)65-54(73)34-36-62-67(65)44-20-4-12-28-56(44)76-62/h1-38H,39H2. The molecule has 0 amide bonds. The largest absolute Gasteiger partial charge is 0.462 e. The summed E-state index contributed by atoms with van der Waals surface area (Å²) < 4.78 is 47.7. The molecule has 79 heavy (non-hydrogen) atoms. The van der Waals surface area contributed by atoms with Gasteiger partial charge in [0.25, 0.3) is 0 Å². The van der Waals surface area contributed by atoms with Crippen molar-refractivity contribution in [3.8, 4) is 28.9 Å². The molecule has 10 aromatic carbocycles. The van der Waals surface area contributed by atoms with Crippen molar-refractivity contribution < 1.29 is 27.1 Å². The molecule has 8 heterocycles. The average Bonchev–Trinajstić information content (AvgIpc) is 2.62. The lowest BCUT2D eigenvalue weighted by atomic mass is 9.54. The Morgan fingerprint density at radius 1 is 0.304 bits per heavy atom. The van der Waals surface area contributed by atoms with Gasteiger partial charge in [-0.05, 0) is 78.9 Å². The fraction of sp³-hybridized carbons (Fsp3) is 0.0423. The van der Waals surface area contributed by atoms with Crippen LogP contribution in [0, 0.1) is 0 Å². The molecule has 16 aromatic rings. The van der Waals surface area contributed by atoms with Crippen LogP contribution in [-0.4, -0.2) is 9.13 Å². The third-order valence-electron chi connectivity index (χ3n) is 17.6. The number of fused-ring (bicyclic) bond motifs is 28. The maximum absolute atomic E-state index is 8.06. The molecule has 3 aliphatic rings. The summed E-state index contributed by atoms with van der Waals surface area (Å²) in [7, 11) is 0. The molecule has 8 heteroatoms. The summed E-state index contributed by atoms with van der Waals surface area (Å²) in [6, 6.07) is 80.9. The Balaban J connectivity index is 0.959. The van der Waals surface area contributed by atoms with E-state index in [9.17, 15) is 0 Å². The van der Waals surface area contributed by atoms with Crippen LogP contribution in [-0.2, 0) is 17.4 Å². The van der Waals surface area contributed by atoms with E-state index < -0.39 is 10.8 Å². The van der Waals surface area contributed by atoms with Gasteiger partial charge in [-0.3, -0.25) is 4.57 Å². The molecular formula is C71H40N2O6. The number of nitrogens with zero attached hydrogens (tertiary/aromatic N) is 2. The molecule has 1 aliphatic carbocycles. The van der Waals surface area contributed by atoms with Crippen molar-refractivity contribution in [1.82, 2.24) is 9.13 Å². The van der Waals surface area contributed by atoms with Crippen LogP contribution in [0.3, 0.4) is 0 Å². The summed E-state index contributed by atoms with van der Waals surface area (Å²) in [4.78, 5) is 0. The molecule has 0 N–H and O–H groups in total. The van der Waals surface area contributed by atoms with Crippen LogP contribution in [0.1, 0.15) is 50.7 Å². The topological polar surface area (TPSA) is 80.9 Å². The van der Waals surface area contributed by atoms with Crippen molar-refractivity contribution in [1.29, 1.82) is 0 Å². The van der Waals surface area contributed by atoms with Gasteiger partial charge in [-0.1, -0.05) is 146 Å². The predicted octanol–water partition coefficient (Wildman–Crippen LogP) is 18.2. The third kappa shape index (κ3) is 5.06.